The monoisotopic (exact) mass is 414 g/mol. The summed E-state index contributed by atoms with van der Waals surface area (Å²) in [4.78, 5) is 3.82. The zero-order chi connectivity index (χ0) is 14.1. The van der Waals surface area contributed by atoms with Crippen LogP contribution in [-0.2, 0) is 13.0 Å². The molecular weight excluding hydrogens is 400 g/mol. The van der Waals surface area contributed by atoms with Crippen LogP contribution in [0.3, 0.4) is 0 Å². The molecule has 2 N–H and O–H groups in total. The lowest BCUT2D eigenvalue weighted by Gasteiger charge is -2.34. The third-order valence-corrected chi connectivity index (χ3v) is 7.17. The molecular formula is C15H16Br2N2S. The van der Waals surface area contributed by atoms with Gasteiger partial charge in [-0.25, -0.2) is 0 Å². The van der Waals surface area contributed by atoms with Gasteiger partial charge in [0, 0.05) is 29.0 Å². The first kappa shape index (κ1) is 14.7. The van der Waals surface area contributed by atoms with E-state index in [4.69, 9.17) is 5.73 Å². The standard InChI is InChI=1S/C15H16Br2N2S/c16-12-7-14(20-15(12)17)13(8-18)19-6-5-10-3-1-2-4-11(10)9-19/h1-4,7,13H,5-6,8-9,18H2. The number of nitrogens with zero attached hydrogens (tertiary/aromatic N) is 1. The minimum Gasteiger partial charge on any atom is -0.329 e. The minimum absolute atomic E-state index is 0.302. The molecule has 1 aliphatic heterocycles. The molecule has 1 aromatic carbocycles. The molecule has 0 spiro atoms. The molecule has 2 aromatic rings. The predicted octanol–water partition coefficient (Wildman–Crippen LogP) is 4.33. The molecule has 3 rings (SSSR count). The first-order valence-electron chi connectivity index (χ1n) is 6.64. The molecule has 0 fully saturated rings. The van der Waals surface area contributed by atoms with Gasteiger partial charge >= 0.3 is 0 Å². The second kappa shape index (κ2) is 6.28. The lowest BCUT2D eigenvalue weighted by molar-refractivity contribution is 0.186. The molecule has 2 heterocycles. The highest BCUT2D eigenvalue weighted by Gasteiger charge is 2.25. The van der Waals surface area contributed by atoms with E-state index < -0.39 is 0 Å². The van der Waals surface area contributed by atoms with Gasteiger partial charge in [-0.2, -0.15) is 0 Å². The maximum atomic E-state index is 6.05. The number of benzene rings is 1. The normalized spacial score (nSPS) is 16.9. The first-order valence-corrected chi connectivity index (χ1v) is 9.05. The topological polar surface area (TPSA) is 29.3 Å². The summed E-state index contributed by atoms with van der Waals surface area (Å²) in [6.45, 7) is 2.72. The Morgan fingerprint density at radius 1 is 1.25 bits per heavy atom. The second-order valence-electron chi connectivity index (χ2n) is 5.01. The SMILES string of the molecule is NCC(c1cc(Br)c(Br)s1)N1CCc2ccccc2C1. The van der Waals surface area contributed by atoms with Crippen LogP contribution >= 0.6 is 43.2 Å². The largest absolute Gasteiger partial charge is 0.329 e. The Morgan fingerprint density at radius 3 is 2.65 bits per heavy atom. The Balaban J connectivity index is 1.85. The molecule has 106 valence electrons. The van der Waals surface area contributed by atoms with E-state index in [1.54, 1.807) is 11.3 Å². The van der Waals surface area contributed by atoms with E-state index in [0.29, 0.717) is 12.6 Å². The summed E-state index contributed by atoms with van der Waals surface area (Å²) in [5.41, 5.74) is 8.97. The lowest BCUT2D eigenvalue weighted by Crippen LogP contribution is -2.37. The Bertz CT molecular complexity index is 592. The summed E-state index contributed by atoms with van der Waals surface area (Å²) in [5.74, 6) is 0. The van der Waals surface area contributed by atoms with Crippen LogP contribution < -0.4 is 5.73 Å². The van der Waals surface area contributed by atoms with E-state index in [2.05, 4.69) is 67.1 Å². The molecule has 1 unspecified atom stereocenters. The van der Waals surface area contributed by atoms with Gasteiger partial charge in [-0.15, -0.1) is 11.3 Å². The van der Waals surface area contributed by atoms with Crippen molar-refractivity contribution in [2.75, 3.05) is 13.1 Å². The number of thiophene rings is 1. The Labute approximate surface area is 140 Å². The van der Waals surface area contributed by atoms with Crippen molar-refractivity contribution in [2.45, 2.75) is 19.0 Å². The molecule has 1 aliphatic rings. The number of hydrogen-bond donors (Lipinski definition) is 1. The lowest BCUT2D eigenvalue weighted by atomic mass is 9.98. The van der Waals surface area contributed by atoms with Crippen molar-refractivity contribution in [3.63, 3.8) is 0 Å². The van der Waals surface area contributed by atoms with Crippen LogP contribution in [0.4, 0.5) is 0 Å². The van der Waals surface area contributed by atoms with Crippen LogP contribution in [0.5, 0.6) is 0 Å². The van der Waals surface area contributed by atoms with Crippen molar-refractivity contribution in [3.8, 4) is 0 Å². The number of hydrogen-bond acceptors (Lipinski definition) is 3. The maximum Gasteiger partial charge on any atom is 0.0843 e. The van der Waals surface area contributed by atoms with Crippen LogP contribution in [0.1, 0.15) is 22.0 Å². The van der Waals surface area contributed by atoms with Crippen LogP contribution in [-0.4, -0.2) is 18.0 Å². The fraction of sp³-hybridized carbons (Fsp3) is 0.333. The molecule has 5 heteroatoms. The maximum absolute atomic E-state index is 6.05. The fourth-order valence-electron chi connectivity index (χ4n) is 2.76. The first-order chi connectivity index (χ1) is 9.69. The van der Waals surface area contributed by atoms with Crippen molar-refractivity contribution in [1.29, 1.82) is 0 Å². The quantitative estimate of drug-likeness (QED) is 0.808. The highest BCUT2D eigenvalue weighted by atomic mass is 79.9. The molecule has 0 saturated heterocycles. The number of halogens is 2. The van der Waals surface area contributed by atoms with Gasteiger partial charge in [0.2, 0.25) is 0 Å². The fourth-order valence-corrected chi connectivity index (χ4v) is 4.99. The Morgan fingerprint density at radius 2 is 2.00 bits per heavy atom. The zero-order valence-electron chi connectivity index (χ0n) is 11.0. The molecule has 2 nitrogen and oxygen atoms in total. The molecule has 0 radical (unpaired) electrons. The van der Waals surface area contributed by atoms with Crippen molar-refractivity contribution in [2.24, 2.45) is 5.73 Å². The number of fused-ring (bicyclic) bond motifs is 1. The van der Waals surface area contributed by atoms with Crippen LogP contribution in [0.2, 0.25) is 0 Å². The highest BCUT2D eigenvalue weighted by molar-refractivity contribution is 9.13. The van der Waals surface area contributed by atoms with E-state index in [-0.39, 0.29) is 0 Å². The second-order valence-corrected chi connectivity index (χ2v) is 8.27. The summed E-state index contributed by atoms with van der Waals surface area (Å²) in [6.07, 6.45) is 1.11. The summed E-state index contributed by atoms with van der Waals surface area (Å²) in [6, 6.07) is 11.2. The predicted molar refractivity (Wildman–Crippen MR) is 92.1 cm³/mol. The van der Waals surface area contributed by atoms with E-state index in [1.807, 2.05) is 0 Å². The third kappa shape index (κ3) is 2.88. The van der Waals surface area contributed by atoms with Gasteiger partial charge in [0.05, 0.1) is 9.83 Å². The average Bonchev–Trinajstić information content (AvgIpc) is 2.79. The molecule has 1 atom stereocenters. The van der Waals surface area contributed by atoms with Gasteiger partial charge in [0.15, 0.2) is 0 Å². The smallest absolute Gasteiger partial charge is 0.0843 e. The number of rotatable bonds is 3. The number of nitrogens with two attached hydrogens (primary N) is 1. The molecule has 0 aliphatic carbocycles. The summed E-state index contributed by atoms with van der Waals surface area (Å²) in [5, 5.41) is 0. The summed E-state index contributed by atoms with van der Waals surface area (Å²) in [7, 11) is 0. The Kier molecular flexibility index (Phi) is 4.62. The van der Waals surface area contributed by atoms with Gasteiger partial charge in [-0.1, -0.05) is 24.3 Å². The third-order valence-electron chi connectivity index (χ3n) is 3.82. The molecule has 20 heavy (non-hydrogen) atoms. The Hall–Kier alpha value is -0.200. The van der Waals surface area contributed by atoms with E-state index in [9.17, 15) is 0 Å². The molecule has 0 bridgehead atoms. The molecule has 0 amide bonds. The van der Waals surface area contributed by atoms with Gasteiger partial charge in [-0.05, 0) is 55.5 Å². The van der Waals surface area contributed by atoms with Crippen molar-refractivity contribution >= 4 is 43.2 Å². The average molecular weight is 416 g/mol. The molecule has 0 saturated carbocycles. The van der Waals surface area contributed by atoms with Gasteiger partial charge in [-0.3, -0.25) is 4.90 Å². The van der Waals surface area contributed by atoms with Crippen LogP contribution in [0.15, 0.2) is 38.6 Å². The van der Waals surface area contributed by atoms with Crippen molar-refractivity contribution < 1.29 is 0 Å². The van der Waals surface area contributed by atoms with E-state index >= 15 is 0 Å². The minimum atomic E-state index is 0.302. The van der Waals surface area contributed by atoms with Crippen molar-refractivity contribution in [1.82, 2.24) is 4.90 Å². The summed E-state index contributed by atoms with van der Waals surface area (Å²) >= 11 is 8.91. The van der Waals surface area contributed by atoms with Crippen LogP contribution in [0, 0.1) is 0 Å². The summed E-state index contributed by atoms with van der Waals surface area (Å²) < 4.78 is 2.26. The van der Waals surface area contributed by atoms with Gasteiger partial charge in [0.1, 0.15) is 0 Å². The zero-order valence-corrected chi connectivity index (χ0v) is 15.0. The highest BCUT2D eigenvalue weighted by Crippen LogP contribution is 2.38. The van der Waals surface area contributed by atoms with E-state index in [1.165, 1.54) is 16.0 Å². The van der Waals surface area contributed by atoms with Crippen molar-refractivity contribution in [3.05, 3.63) is 54.6 Å². The van der Waals surface area contributed by atoms with Gasteiger partial charge in [0.25, 0.3) is 0 Å². The van der Waals surface area contributed by atoms with Crippen LogP contribution in [0.25, 0.3) is 0 Å². The van der Waals surface area contributed by atoms with E-state index in [0.717, 1.165) is 27.8 Å². The molecule has 1 aromatic heterocycles. The van der Waals surface area contributed by atoms with Gasteiger partial charge < -0.3 is 5.73 Å².